The third kappa shape index (κ3) is 2.39. The monoisotopic (exact) mass is 225 g/mol. The molecule has 0 saturated heterocycles. The standard InChI is InChI=1S/C10H12ClN3O/c11-9-8(6-12-14-10(9)15)13-7-4-2-1-3-5-7/h1-2,6-7H,3-5H2,(H2,13,14,15). The first-order valence-electron chi connectivity index (χ1n) is 4.92. The quantitative estimate of drug-likeness (QED) is 0.757. The lowest BCUT2D eigenvalue weighted by Crippen LogP contribution is -2.22. The normalized spacial score (nSPS) is 20.2. The van der Waals surface area contributed by atoms with E-state index in [0.29, 0.717) is 11.7 Å². The Labute approximate surface area is 92.3 Å². The minimum absolute atomic E-state index is 0.180. The minimum Gasteiger partial charge on any atom is -0.379 e. The van der Waals surface area contributed by atoms with Crippen LogP contribution in [0.3, 0.4) is 0 Å². The molecule has 1 aromatic rings. The Morgan fingerprint density at radius 3 is 3.13 bits per heavy atom. The molecule has 0 fully saturated rings. The van der Waals surface area contributed by atoms with E-state index in [0.717, 1.165) is 19.3 Å². The van der Waals surface area contributed by atoms with Crippen LogP contribution in [-0.2, 0) is 0 Å². The molecule has 5 heteroatoms. The highest BCUT2D eigenvalue weighted by Crippen LogP contribution is 2.20. The second-order valence-electron chi connectivity index (χ2n) is 3.55. The van der Waals surface area contributed by atoms with Gasteiger partial charge in [-0.1, -0.05) is 23.8 Å². The number of halogens is 1. The summed E-state index contributed by atoms with van der Waals surface area (Å²) < 4.78 is 0. The number of anilines is 1. The summed E-state index contributed by atoms with van der Waals surface area (Å²) in [5, 5.41) is 9.40. The maximum atomic E-state index is 11.2. The van der Waals surface area contributed by atoms with Crippen LogP contribution < -0.4 is 10.9 Å². The Balaban J connectivity index is 2.13. The Kier molecular flexibility index (Phi) is 3.06. The summed E-state index contributed by atoms with van der Waals surface area (Å²) in [6, 6.07) is 0.344. The summed E-state index contributed by atoms with van der Waals surface area (Å²) in [6.45, 7) is 0. The summed E-state index contributed by atoms with van der Waals surface area (Å²) in [6.07, 6.45) is 8.92. The maximum Gasteiger partial charge on any atom is 0.285 e. The van der Waals surface area contributed by atoms with Crippen molar-refractivity contribution in [3.8, 4) is 0 Å². The lowest BCUT2D eigenvalue weighted by atomic mass is 10.0. The number of hydrogen-bond donors (Lipinski definition) is 2. The third-order valence-corrected chi connectivity index (χ3v) is 2.80. The van der Waals surface area contributed by atoms with E-state index < -0.39 is 0 Å². The van der Waals surface area contributed by atoms with E-state index in [9.17, 15) is 4.79 Å². The molecule has 4 nitrogen and oxygen atoms in total. The van der Waals surface area contributed by atoms with Crippen molar-refractivity contribution in [1.29, 1.82) is 0 Å². The lowest BCUT2D eigenvalue weighted by Gasteiger charge is -2.20. The maximum absolute atomic E-state index is 11.2. The van der Waals surface area contributed by atoms with Crippen LogP contribution in [0.5, 0.6) is 0 Å². The first-order valence-corrected chi connectivity index (χ1v) is 5.30. The summed E-state index contributed by atoms with van der Waals surface area (Å²) >= 11 is 5.85. The Hall–Kier alpha value is -1.29. The minimum atomic E-state index is -0.354. The highest BCUT2D eigenvalue weighted by Gasteiger charge is 2.12. The fraction of sp³-hybridized carbons (Fsp3) is 0.400. The number of H-pyrrole nitrogens is 1. The molecule has 0 spiro atoms. The van der Waals surface area contributed by atoms with Crippen LogP contribution in [0.2, 0.25) is 5.02 Å². The van der Waals surface area contributed by atoms with Crippen molar-refractivity contribution in [3.05, 3.63) is 33.7 Å². The molecule has 0 amide bonds. The number of hydrogen-bond acceptors (Lipinski definition) is 3. The third-order valence-electron chi connectivity index (χ3n) is 2.42. The largest absolute Gasteiger partial charge is 0.379 e. The highest BCUT2D eigenvalue weighted by molar-refractivity contribution is 6.32. The van der Waals surface area contributed by atoms with E-state index in [1.54, 1.807) is 6.20 Å². The molecule has 0 aliphatic heterocycles. The first kappa shape index (κ1) is 10.2. The second-order valence-corrected chi connectivity index (χ2v) is 3.93. The van der Waals surface area contributed by atoms with E-state index >= 15 is 0 Å². The number of nitrogens with one attached hydrogen (secondary N) is 2. The van der Waals surface area contributed by atoms with Crippen molar-refractivity contribution < 1.29 is 0 Å². The summed E-state index contributed by atoms with van der Waals surface area (Å²) in [4.78, 5) is 11.2. The number of rotatable bonds is 2. The van der Waals surface area contributed by atoms with Crippen LogP contribution in [0.25, 0.3) is 0 Å². The van der Waals surface area contributed by atoms with E-state index in [-0.39, 0.29) is 10.6 Å². The zero-order chi connectivity index (χ0) is 10.7. The van der Waals surface area contributed by atoms with Crippen LogP contribution in [0.15, 0.2) is 23.1 Å². The number of nitrogens with zero attached hydrogens (tertiary/aromatic N) is 1. The Morgan fingerprint density at radius 1 is 1.53 bits per heavy atom. The molecule has 0 radical (unpaired) electrons. The molecule has 2 rings (SSSR count). The number of aromatic nitrogens is 2. The molecule has 15 heavy (non-hydrogen) atoms. The van der Waals surface area contributed by atoms with Crippen molar-refractivity contribution in [1.82, 2.24) is 10.2 Å². The number of aromatic amines is 1. The van der Waals surface area contributed by atoms with E-state index in [4.69, 9.17) is 11.6 Å². The topological polar surface area (TPSA) is 57.8 Å². The molecular weight excluding hydrogens is 214 g/mol. The SMILES string of the molecule is O=c1[nH]ncc(NC2CC=CCC2)c1Cl. The van der Waals surface area contributed by atoms with Crippen molar-refractivity contribution in [2.45, 2.75) is 25.3 Å². The number of allylic oxidation sites excluding steroid dienone is 1. The van der Waals surface area contributed by atoms with Gasteiger partial charge in [0.05, 0.1) is 11.9 Å². The van der Waals surface area contributed by atoms with Crippen molar-refractivity contribution in [3.63, 3.8) is 0 Å². The Bertz CT molecular complexity index is 427. The van der Waals surface area contributed by atoms with Gasteiger partial charge < -0.3 is 5.32 Å². The van der Waals surface area contributed by atoms with Crippen molar-refractivity contribution in [2.75, 3.05) is 5.32 Å². The summed E-state index contributed by atoms with van der Waals surface area (Å²) in [7, 11) is 0. The fourth-order valence-corrected chi connectivity index (χ4v) is 1.77. The summed E-state index contributed by atoms with van der Waals surface area (Å²) in [5.41, 5.74) is 0.258. The fourth-order valence-electron chi connectivity index (χ4n) is 1.63. The smallest absolute Gasteiger partial charge is 0.285 e. The molecule has 2 N–H and O–H groups in total. The summed E-state index contributed by atoms with van der Waals surface area (Å²) in [5.74, 6) is 0. The Morgan fingerprint density at radius 2 is 2.40 bits per heavy atom. The molecule has 0 saturated carbocycles. The van der Waals surface area contributed by atoms with Gasteiger partial charge in [0.2, 0.25) is 0 Å². The van der Waals surface area contributed by atoms with Gasteiger partial charge >= 0.3 is 0 Å². The van der Waals surface area contributed by atoms with Crippen molar-refractivity contribution >= 4 is 17.3 Å². The predicted octanol–water partition coefficient (Wildman–Crippen LogP) is 1.94. The molecule has 1 aliphatic rings. The predicted molar refractivity (Wildman–Crippen MR) is 60.3 cm³/mol. The average molecular weight is 226 g/mol. The second kappa shape index (κ2) is 4.49. The molecule has 1 heterocycles. The molecule has 1 aliphatic carbocycles. The molecule has 1 unspecified atom stereocenters. The molecule has 1 aromatic heterocycles. The molecular formula is C10H12ClN3O. The van der Waals surface area contributed by atoms with Crippen LogP contribution >= 0.6 is 11.6 Å². The molecule has 0 bridgehead atoms. The van der Waals surface area contributed by atoms with Crippen molar-refractivity contribution in [2.24, 2.45) is 0 Å². The van der Waals surface area contributed by atoms with Gasteiger partial charge in [0.15, 0.2) is 0 Å². The van der Waals surface area contributed by atoms with E-state index in [1.807, 2.05) is 0 Å². The van der Waals surface area contributed by atoms with Gasteiger partial charge in [-0.3, -0.25) is 4.79 Å². The van der Waals surface area contributed by atoms with Crippen LogP contribution in [0.4, 0.5) is 5.69 Å². The van der Waals surface area contributed by atoms with E-state index in [2.05, 4.69) is 27.7 Å². The van der Waals surface area contributed by atoms with Gasteiger partial charge in [-0.2, -0.15) is 5.10 Å². The average Bonchev–Trinajstić information content (AvgIpc) is 2.26. The lowest BCUT2D eigenvalue weighted by molar-refractivity contribution is 0.644. The molecule has 1 atom stereocenters. The van der Waals surface area contributed by atoms with Crippen LogP contribution in [0.1, 0.15) is 19.3 Å². The zero-order valence-electron chi connectivity index (χ0n) is 8.16. The first-order chi connectivity index (χ1) is 7.27. The van der Waals surface area contributed by atoms with Crippen LogP contribution in [0, 0.1) is 0 Å². The molecule has 0 aromatic carbocycles. The van der Waals surface area contributed by atoms with Gasteiger partial charge in [-0.25, -0.2) is 5.10 Å². The zero-order valence-corrected chi connectivity index (χ0v) is 8.92. The van der Waals surface area contributed by atoms with Gasteiger partial charge in [-0.15, -0.1) is 0 Å². The van der Waals surface area contributed by atoms with E-state index in [1.165, 1.54) is 0 Å². The van der Waals surface area contributed by atoms with Crippen LogP contribution in [-0.4, -0.2) is 16.2 Å². The van der Waals surface area contributed by atoms with Gasteiger partial charge in [0.1, 0.15) is 5.02 Å². The van der Waals surface area contributed by atoms with Gasteiger partial charge in [0, 0.05) is 6.04 Å². The highest BCUT2D eigenvalue weighted by atomic mass is 35.5. The van der Waals surface area contributed by atoms with Gasteiger partial charge in [-0.05, 0) is 19.3 Å². The molecule has 80 valence electrons. The van der Waals surface area contributed by atoms with Gasteiger partial charge in [0.25, 0.3) is 5.56 Å².